The van der Waals surface area contributed by atoms with Gasteiger partial charge in [0, 0.05) is 18.8 Å². The normalized spacial score (nSPS) is 19.3. The molecule has 0 aromatic carbocycles. The molecule has 4 rings (SSSR count). The molecule has 1 aliphatic heterocycles. The molecule has 0 amide bonds. The number of fused-ring (bicyclic) bond motifs is 5. The third-order valence-electron chi connectivity index (χ3n) is 4.85. The molecule has 0 fully saturated rings. The van der Waals surface area contributed by atoms with Crippen molar-refractivity contribution in [1.82, 2.24) is 18.8 Å². The minimum atomic E-state index is -3.22. The average molecular weight is 335 g/mol. The van der Waals surface area contributed by atoms with Crippen LogP contribution in [0.25, 0.3) is 11.0 Å². The van der Waals surface area contributed by atoms with E-state index in [4.69, 9.17) is 5.73 Å². The number of nitrogens with two attached hydrogens (primary N) is 1. The first-order valence-corrected chi connectivity index (χ1v) is 9.91. The lowest BCUT2D eigenvalue weighted by atomic mass is 9.95. The van der Waals surface area contributed by atoms with E-state index in [1.807, 2.05) is 0 Å². The highest BCUT2D eigenvalue weighted by Gasteiger charge is 2.27. The molecule has 1 aliphatic carbocycles. The van der Waals surface area contributed by atoms with Gasteiger partial charge in [0.1, 0.15) is 11.3 Å². The number of sulfonamides is 1. The fourth-order valence-corrected chi connectivity index (χ4v) is 4.55. The van der Waals surface area contributed by atoms with Crippen molar-refractivity contribution in [3.63, 3.8) is 0 Å². The van der Waals surface area contributed by atoms with Crippen LogP contribution in [0.5, 0.6) is 0 Å². The van der Waals surface area contributed by atoms with E-state index in [-0.39, 0.29) is 0 Å². The summed E-state index contributed by atoms with van der Waals surface area (Å²) in [5.74, 6) is 1.24. The summed E-state index contributed by atoms with van der Waals surface area (Å²) in [6.45, 7) is 1.61. The number of imidazole rings is 1. The topological polar surface area (TPSA) is 94.1 Å². The molecule has 2 aromatic rings. The Morgan fingerprint density at radius 3 is 2.65 bits per heavy atom. The molecule has 8 heteroatoms. The van der Waals surface area contributed by atoms with Gasteiger partial charge >= 0.3 is 0 Å². The van der Waals surface area contributed by atoms with Crippen LogP contribution in [-0.2, 0) is 36.0 Å². The Labute approximate surface area is 135 Å². The van der Waals surface area contributed by atoms with Gasteiger partial charge in [-0.2, -0.15) is 4.31 Å². The van der Waals surface area contributed by atoms with Gasteiger partial charge in [-0.1, -0.05) is 0 Å². The summed E-state index contributed by atoms with van der Waals surface area (Å²) in [4.78, 5) is 9.20. The number of pyridine rings is 1. The van der Waals surface area contributed by atoms with Crippen molar-refractivity contribution < 1.29 is 8.42 Å². The second-order valence-electron chi connectivity index (χ2n) is 6.46. The molecular formula is C15H21N5O2S. The molecule has 3 heterocycles. The quantitative estimate of drug-likeness (QED) is 0.841. The molecule has 2 N–H and O–H groups in total. The Kier molecular flexibility index (Phi) is 3.35. The number of nitrogen functional groups attached to an aromatic ring is 1. The van der Waals surface area contributed by atoms with Gasteiger partial charge in [0.25, 0.3) is 0 Å². The highest BCUT2D eigenvalue weighted by molar-refractivity contribution is 7.88. The molecule has 124 valence electrons. The van der Waals surface area contributed by atoms with Gasteiger partial charge in [-0.05, 0) is 37.7 Å². The smallest absolute Gasteiger partial charge is 0.211 e. The van der Waals surface area contributed by atoms with E-state index >= 15 is 0 Å². The first-order chi connectivity index (χ1) is 10.9. The lowest BCUT2D eigenvalue weighted by molar-refractivity contribution is 0.411. The maximum absolute atomic E-state index is 11.9. The maximum Gasteiger partial charge on any atom is 0.211 e. The molecule has 2 aliphatic rings. The summed E-state index contributed by atoms with van der Waals surface area (Å²) < 4.78 is 27.5. The molecule has 0 bridgehead atoms. The summed E-state index contributed by atoms with van der Waals surface area (Å²) in [6.07, 6.45) is 6.30. The first kappa shape index (κ1) is 14.9. The zero-order valence-corrected chi connectivity index (χ0v) is 14.1. The Hall–Kier alpha value is -1.67. The highest BCUT2D eigenvalue weighted by Crippen LogP contribution is 2.32. The number of rotatable bonds is 1. The van der Waals surface area contributed by atoms with Gasteiger partial charge in [-0.3, -0.25) is 0 Å². The van der Waals surface area contributed by atoms with Crippen molar-refractivity contribution in [3.05, 3.63) is 17.1 Å². The summed E-state index contributed by atoms with van der Waals surface area (Å²) >= 11 is 0. The molecule has 0 atom stereocenters. The van der Waals surface area contributed by atoms with E-state index in [2.05, 4.69) is 14.5 Å². The van der Waals surface area contributed by atoms with Crippen molar-refractivity contribution in [2.24, 2.45) is 0 Å². The zero-order chi connectivity index (χ0) is 16.2. The van der Waals surface area contributed by atoms with Crippen LogP contribution in [0.15, 0.2) is 0 Å². The fraction of sp³-hybridized carbons (Fsp3) is 0.600. The molecular weight excluding hydrogens is 314 g/mol. The van der Waals surface area contributed by atoms with Gasteiger partial charge in [0.15, 0.2) is 5.82 Å². The largest absolute Gasteiger partial charge is 0.382 e. The Bertz CT molecular complexity index is 887. The number of hydrogen-bond acceptors (Lipinski definition) is 5. The molecule has 0 saturated carbocycles. The molecule has 23 heavy (non-hydrogen) atoms. The molecule has 0 spiro atoms. The average Bonchev–Trinajstić information content (AvgIpc) is 2.71. The standard InChI is InChI=1S/C15H21N5O2S/c1-23(21,22)19-7-4-8-20-12(9-19)18-13-14(20)10-5-2-3-6-11(10)17-15(13)16/h2-9H2,1H3,(H2,16,17). The predicted molar refractivity (Wildman–Crippen MR) is 88.5 cm³/mol. The summed E-state index contributed by atoms with van der Waals surface area (Å²) in [5, 5.41) is 0. The zero-order valence-electron chi connectivity index (χ0n) is 13.2. The van der Waals surface area contributed by atoms with E-state index in [0.717, 1.165) is 61.2 Å². The van der Waals surface area contributed by atoms with Crippen LogP contribution in [0.3, 0.4) is 0 Å². The Morgan fingerprint density at radius 1 is 1.09 bits per heavy atom. The highest BCUT2D eigenvalue weighted by atomic mass is 32.2. The maximum atomic E-state index is 11.9. The number of anilines is 1. The van der Waals surface area contributed by atoms with Crippen molar-refractivity contribution in [2.75, 3.05) is 18.5 Å². The molecule has 2 aromatic heterocycles. The lowest BCUT2D eigenvalue weighted by Crippen LogP contribution is -2.29. The van der Waals surface area contributed by atoms with E-state index in [1.165, 1.54) is 16.1 Å². The molecule has 0 radical (unpaired) electrons. The SMILES string of the molecule is CS(=O)(=O)N1CCCn2c(nc3c(N)nc4c(c32)CCCC4)C1. The minimum Gasteiger partial charge on any atom is -0.382 e. The summed E-state index contributed by atoms with van der Waals surface area (Å²) in [6, 6.07) is 0. The monoisotopic (exact) mass is 335 g/mol. The van der Waals surface area contributed by atoms with Crippen LogP contribution in [-0.4, -0.2) is 40.1 Å². The van der Waals surface area contributed by atoms with E-state index in [9.17, 15) is 8.42 Å². The second-order valence-corrected chi connectivity index (χ2v) is 8.44. The third-order valence-corrected chi connectivity index (χ3v) is 6.09. The van der Waals surface area contributed by atoms with Crippen LogP contribution >= 0.6 is 0 Å². The number of aromatic nitrogens is 3. The Morgan fingerprint density at radius 2 is 1.87 bits per heavy atom. The van der Waals surface area contributed by atoms with Gasteiger partial charge in [0.05, 0.1) is 18.3 Å². The van der Waals surface area contributed by atoms with Crippen LogP contribution in [0, 0.1) is 0 Å². The fourth-order valence-electron chi connectivity index (χ4n) is 3.74. The predicted octanol–water partition coefficient (Wildman–Crippen LogP) is 1.06. The second kappa shape index (κ2) is 5.17. The third kappa shape index (κ3) is 2.40. The van der Waals surface area contributed by atoms with Crippen molar-refractivity contribution in [1.29, 1.82) is 0 Å². The van der Waals surface area contributed by atoms with Gasteiger partial charge in [0.2, 0.25) is 10.0 Å². The van der Waals surface area contributed by atoms with Gasteiger partial charge in [-0.25, -0.2) is 18.4 Å². The number of hydrogen-bond donors (Lipinski definition) is 1. The van der Waals surface area contributed by atoms with E-state index < -0.39 is 10.0 Å². The molecule has 0 saturated heterocycles. The lowest BCUT2D eigenvalue weighted by Gasteiger charge is -2.17. The van der Waals surface area contributed by atoms with Gasteiger partial charge < -0.3 is 10.3 Å². The first-order valence-electron chi connectivity index (χ1n) is 8.06. The Balaban J connectivity index is 1.92. The van der Waals surface area contributed by atoms with Crippen molar-refractivity contribution >= 4 is 26.9 Å². The van der Waals surface area contributed by atoms with Crippen LogP contribution < -0.4 is 5.73 Å². The van der Waals surface area contributed by atoms with Crippen LogP contribution in [0.2, 0.25) is 0 Å². The van der Waals surface area contributed by atoms with Crippen molar-refractivity contribution in [3.8, 4) is 0 Å². The minimum absolute atomic E-state index is 0.307. The van der Waals surface area contributed by atoms with Crippen LogP contribution in [0.4, 0.5) is 5.82 Å². The number of aryl methyl sites for hydroxylation is 3. The van der Waals surface area contributed by atoms with Gasteiger partial charge in [-0.15, -0.1) is 0 Å². The summed E-state index contributed by atoms with van der Waals surface area (Å²) in [5.41, 5.74) is 10.3. The molecule has 7 nitrogen and oxygen atoms in total. The number of nitrogens with zero attached hydrogens (tertiary/aromatic N) is 4. The van der Waals surface area contributed by atoms with Crippen LogP contribution in [0.1, 0.15) is 36.3 Å². The van der Waals surface area contributed by atoms with E-state index in [1.54, 1.807) is 0 Å². The van der Waals surface area contributed by atoms with Crippen molar-refractivity contribution in [2.45, 2.75) is 45.2 Å². The molecule has 0 unspecified atom stereocenters. The van der Waals surface area contributed by atoms with E-state index in [0.29, 0.717) is 18.9 Å². The summed E-state index contributed by atoms with van der Waals surface area (Å²) in [7, 11) is -3.22.